The molecule has 2 atom stereocenters. The fourth-order valence-corrected chi connectivity index (χ4v) is 1.92. The van der Waals surface area contributed by atoms with E-state index >= 15 is 0 Å². The molecular weight excluding hydrogens is 231 g/mol. The third-order valence-corrected chi connectivity index (χ3v) is 4.12. The Kier molecular flexibility index (Phi) is 3.54. The highest BCUT2D eigenvalue weighted by Gasteiger charge is 2.20. The molecule has 0 aliphatic carbocycles. The minimum absolute atomic E-state index is 0.0536. The Morgan fingerprint density at radius 2 is 2.07 bits per heavy atom. The zero-order valence-corrected chi connectivity index (χ0v) is 10.7. The second-order valence-corrected chi connectivity index (χ2v) is 6.47. The Morgan fingerprint density at radius 1 is 1.47 bits per heavy atom. The largest absolute Gasteiger partial charge is 0.294 e. The summed E-state index contributed by atoms with van der Waals surface area (Å²) in [6.45, 7) is 4.02. The lowest BCUT2D eigenvalue weighted by Gasteiger charge is -2.23. The van der Waals surface area contributed by atoms with Gasteiger partial charge in [0, 0.05) is 5.16 Å². The van der Waals surface area contributed by atoms with Gasteiger partial charge >= 0.3 is 0 Å². The van der Waals surface area contributed by atoms with Crippen molar-refractivity contribution in [2.24, 2.45) is 0 Å². The smallest absolute Gasteiger partial charge is 0.282 e. The lowest BCUT2D eigenvalue weighted by Crippen LogP contribution is -2.12. The molecule has 0 amide bonds. The highest BCUT2D eigenvalue weighted by atomic mass is 32.2. The molecule has 0 heterocycles. The van der Waals surface area contributed by atoms with Crippen LogP contribution in [0.3, 0.4) is 0 Å². The van der Waals surface area contributed by atoms with Crippen LogP contribution in [0.5, 0.6) is 0 Å². The number of hydrogen-bond acceptors (Lipinski definition) is 2. The summed E-state index contributed by atoms with van der Waals surface area (Å²) in [4.78, 5) is -0.0536. The van der Waals surface area contributed by atoms with Gasteiger partial charge in [-0.3, -0.25) is 4.55 Å². The van der Waals surface area contributed by atoms with Gasteiger partial charge in [-0.15, -0.1) is 9.24 Å². The Balaban J connectivity index is 3.26. The van der Waals surface area contributed by atoms with E-state index in [2.05, 4.69) is 9.24 Å². The lowest BCUT2D eigenvalue weighted by molar-refractivity contribution is 0.483. The Labute approximate surface area is 92.8 Å². The van der Waals surface area contributed by atoms with Gasteiger partial charge in [-0.1, -0.05) is 26.0 Å². The van der Waals surface area contributed by atoms with Crippen molar-refractivity contribution in [1.29, 1.82) is 0 Å². The zero-order chi connectivity index (χ0) is 11.7. The predicted octanol–water partition coefficient (Wildman–Crippen LogP) is 2.43. The van der Waals surface area contributed by atoms with Crippen molar-refractivity contribution in [1.82, 2.24) is 0 Å². The number of benzene rings is 1. The van der Waals surface area contributed by atoms with Crippen molar-refractivity contribution in [2.75, 3.05) is 0 Å². The minimum atomic E-state index is -4.10. The van der Waals surface area contributed by atoms with Crippen LogP contribution in [0, 0.1) is 0 Å². The topological polar surface area (TPSA) is 54.4 Å². The number of rotatable bonds is 3. The highest BCUT2D eigenvalue weighted by Crippen LogP contribution is 2.35. The van der Waals surface area contributed by atoms with Gasteiger partial charge in [-0.2, -0.15) is 8.42 Å². The van der Waals surface area contributed by atoms with E-state index in [0.29, 0.717) is 0 Å². The number of hydrogen-bond donors (Lipinski definition) is 1. The van der Waals surface area contributed by atoms with Crippen molar-refractivity contribution in [2.45, 2.75) is 30.3 Å². The summed E-state index contributed by atoms with van der Waals surface area (Å²) in [5, 5.41) is -0.166. The molecule has 0 radical (unpaired) electrons. The highest BCUT2D eigenvalue weighted by molar-refractivity contribution is 7.85. The molecule has 3 nitrogen and oxygen atoms in total. The normalized spacial score (nSPS) is 16.0. The van der Waals surface area contributed by atoms with E-state index in [1.54, 1.807) is 6.07 Å². The first-order chi connectivity index (χ1) is 6.77. The van der Waals surface area contributed by atoms with E-state index in [-0.39, 0.29) is 10.1 Å². The summed E-state index contributed by atoms with van der Waals surface area (Å²) in [5.74, 6) is 0. The van der Waals surface area contributed by atoms with Crippen molar-refractivity contribution in [3.05, 3.63) is 29.8 Å². The molecule has 1 aromatic carbocycles. The molecule has 2 unspecified atom stereocenters. The Hall–Kier alpha value is -0.440. The van der Waals surface area contributed by atoms with Gasteiger partial charge in [0.2, 0.25) is 0 Å². The molecule has 1 aromatic rings. The van der Waals surface area contributed by atoms with E-state index in [0.717, 1.165) is 12.0 Å². The Morgan fingerprint density at radius 3 is 2.53 bits per heavy atom. The van der Waals surface area contributed by atoms with E-state index in [1.807, 2.05) is 19.9 Å². The molecule has 0 aromatic heterocycles. The molecule has 1 rings (SSSR count). The average molecular weight is 246 g/mol. The third-order valence-electron chi connectivity index (χ3n) is 2.53. The van der Waals surface area contributed by atoms with Gasteiger partial charge in [0.15, 0.2) is 0 Å². The molecule has 0 saturated heterocycles. The molecule has 5 heteroatoms. The van der Waals surface area contributed by atoms with Crippen molar-refractivity contribution in [3.63, 3.8) is 0 Å². The van der Waals surface area contributed by atoms with Crippen LogP contribution in [0.4, 0.5) is 0 Å². The molecule has 1 N–H and O–H groups in total. The lowest BCUT2D eigenvalue weighted by atomic mass is 9.98. The Bertz CT molecular complexity index is 451. The molecule has 0 aliphatic heterocycles. The molecule has 0 saturated carbocycles. The van der Waals surface area contributed by atoms with Crippen LogP contribution in [-0.2, 0) is 15.3 Å². The van der Waals surface area contributed by atoms with Crippen LogP contribution in [0.2, 0.25) is 0 Å². The summed E-state index contributed by atoms with van der Waals surface area (Å²) in [5.41, 5.74) is 0.880. The molecule has 0 spiro atoms. The maximum Gasteiger partial charge on any atom is 0.294 e. The maximum absolute atomic E-state index is 10.9. The van der Waals surface area contributed by atoms with Gasteiger partial charge in [0.25, 0.3) is 10.1 Å². The van der Waals surface area contributed by atoms with Crippen LogP contribution in [-0.4, -0.2) is 13.0 Å². The van der Waals surface area contributed by atoms with Crippen LogP contribution in [0.15, 0.2) is 29.2 Å². The van der Waals surface area contributed by atoms with Crippen molar-refractivity contribution < 1.29 is 13.0 Å². The van der Waals surface area contributed by atoms with Crippen molar-refractivity contribution in [3.8, 4) is 0 Å². The van der Waals surface area contributed by atoms with Gasteiger partial charge < -0.3 is 0 Å². The summed E-state index contributed by atoms with van der Waals surface area (Å²) in [7, 11) is -1.41. The monoisotopic (exact) mass is 246 g/mol. The second kappa shape index (κ2) is 4.20. The minimum Gasteiger partial charge on any atom is -0.282 e. The van der Waals surface area contributed by atoms with Crippen LogP contribution >= 0.6 is 9.24 Å². The predicted molar refractivity (Wildman–Crippen MR) is 63.6 cm³/mol. The molecule has 15 heavy (non-hydrogen) atoms. The van der Waals surface area contributed by atoms with Gasteiger partial charge in [-0.05, 0) is 24.1 Å². The van der Waals surface area contributed by atoms with E-state index < -0.39 is 10.1 Å². The van der Waals surface area contributed by atoms with E-state index in [1.165, 1.54) is 12.1 Å². The molecule has 0 bridgehead atoms. The second-order valence-electron chi connectivity index (χ2n) is 3.77. The van der Waals surface area contributed by atoms with E-state index in [4.69, 9.17) is 4.55 Å². The third kappa shape index (κ3) is 3.00. The van der Waals surface area contributed by atoms with Gasteiger partial charge in [-0.25, -0.2) is 0 Å². The van der Waals surface area contributed by atoms with Gasteiger partial charge in [0.1, 0.15) is 0 Å². The summed E-state index contributed by atoms with van der Waals surface area (Å²) in [6, 6.07) is 6.38. The molecular formula is C10H15O3PS. The standard InChI is InChI=1S/C10H15O3PS/c1-3-10(2,14)8-5-4-6-9(7-8)15(11,12)13/h4-7H,3,14H2,1-2H3,(H,11,12,13). The maximum atomic E-state index is 10.9. The average Bonchev–Trinajstić information content (AvgIpc) is 2.17. The van der Waals surface area contributed by atoms with Crippen LogP contribution in [0.25, 0.3) is 0 Å². The summed E-state index contributed by atoms with van der Waals surface area (Å²) >= 11 is 0. The van der Waals surface area contributed by atoms with E-state index in [9.17, 15) is 8.42 Å². The van der Waals surface area contributed by atoms with Crippen molar-refractivity contribution >= 4 is 19.4 Å². The molecule has 0 fully saturated rings. The first-order valence-electron chi connectivity index (χ1n) is 4.64. The molecule has 0 aliphatic rings. The fourth-order valence-electron chi connectivity index (χ4n) is 1.22. The fraction of sp³-hybridized carbons (Fsp3) is 0.400. The quantitative estimate of drug-likeness (QED) is 0.658. The summed E-state index contributed by atoms with van der Waals surface area (Å²) < 4.78 is 30.8. The van der Waals surface area contributed by atoms with Gasteiger partial charge in [0.05, 0.1) is 4.90 Å². The first-order valence-corrected chi connectivity index (χ1v) is 6.66. The molecule has 84 valence electrons. The van der Waals surface area contributed by atoms with Crippen LogP contribution in [0.1, 0.15) is 25.8 Å². The first kappa shape index (κ1) is 12.6. The zero-order valence-electron chi connectivity index (χ0n) is 8.77. The van der Waals surface area contributed by atoms with Crippen LogP contribution < -0.4 is 0 Å². The summed E-state index contributed by atoms with van der Waals surface area (Å²) in [6.07, 6.45) is 0.868. The SMILES string of the molecule is CCC(C)(P)c1cccc(S(=O)(=O)O)c1.